The van der Waals surface area contributed by atoms with Gasteiger partial charge in [-0.2, -0.15) is 0 Å². The molecule has 5 rings (SSSR count). The first-order valence-corrected chi connectivity index (χ1v) is 9.84. The monoisotopic (exact) mass is 377 g/mol. The number of hydrogen-bond acceptors (Lipinski definition) is 4. The van der Waals surface area contributed by atoms with Gasteiger partial charge in [0.1, 0.15) is 17.1 Å². The lowest BCUT2D eigenvalue weighted by Gasteiger charge is -2.37. The maximum absolute atomic E-state index is 12.9. The third kappa shape index (κ3) is 2.60. The Morgan fingerprint density at radius 2 is 2.00 bits per heavy atom. The number of para-hydroxylation sites is 2. The van der Waals surface area contributed by atoms with Crippen molar-refractivity contribution in [3.8, 4) is 11.5 Å². The molecule has 1 amide bonds. The van der Waals surface area contributed by atoms with E-state index in [1.165, 1.54) is 0 Å². The number of ether oxygens (including phenoxy) is 2. The zero-order valence-corrected chi connectivity index (χ0v) is 15.8. The highest BCUT2D eigenvalue weighted by molar-refractivity contribution is 6.00. The SMILES string of the molecule is COc1ccccc1CNC(=O)[C@@H]1[C@@H]2CC[C@]3(CC(=O)c4ccccc4O3)[C@H]21. The van der Waals surface area contributed by atoms with Crippen LogP contribution in [0.5, 0.6) is 11.5 Å². The molecule has 2 aromatic carbocycles. The average molecular weight is 377 g/mol. The first-order chi connectivity index (χ1) is 13.6. The van der Waals surface area contributed by atoms with Gasteiger partial charge in [-0.3, -0.25) is 9.59 Å². The largest absolute Gasteiger partial charge is 0.496 e. The van der Waals surface area contributed by atoms with E-state index in [1.807, 2.05) is 48.5 Å². The Labute approximate surface area is 164 Å². The van der Waals surface area contributed by atoms with E-state index in [-0.39, 0.29) is 23.5 Å². The van der Waals surface area contributed by atoms with Crippen molar-refractivity contribution < 1.29 is 19.1 Å². The fourth-order valence-electron chi connectivity index (χ4n) is 5.27. The van der Waals surface area contributed by atoms with Gasteiger partial charge >= 0.3 is 0 Å². The molecule has 2 saturated carbocycles. The molecule has 5 heteroatoms. The number of rotatable bonds is 4. The summed E-state index contributed by atoms with van der Waals surface area (Å²) >= 11 is 0. The van der Waals surface area contributed by atoms with Crippen molar-refractivity contribution in [1.82, 2.24) is 5.32 Å². The summed E-state index contributed by atoms with van der Waals surface area (Å²) in [5.74, 6) is 1.99. The van der Waals surface area contributed by atoms with Gasteiger partial charge in [0.2, 0.25) is 5.91 Å². The number of Topliss-reactive ketones (excluding diaryl/α,β-unsaturated/α-hetero) is 1. The summed E-state index contributed by atoms with van der Waals surface area (Å²) in [6.07, 6.45) is 2.16. The third-order valence-electron chi connectivity index (χ3n) is 6.59. The predicted molar refractivity (Wildman–Crippen MR) is 103 cm³/mol. The van der Waals surface area contributed by atoms with E-state index in [1.54, 1.807) is 7.11 Å². The van der Waals surface area contributed by atoms with Crippen LogP contribution in [0.1, 0.15) is 35.2 Å². The Morgan fingerprint density at radius 1 is 1.21 bits per heavy atom. The number of amides is 1. The van der Waals surface area contributed by atoms with Crippen LogP contribution in [-0.2, 0) is 11.3 Å². The number of fused-ring (bicyclic) bond motifs is 3. The van der Waals surface area contributed by atoms with Gasteiger partial charge in [-0.25, -0.2) is 0 Å². The van der Waals surface area contributed by atoms with E-state index in [2.05, 4.69) is 5.32 Å². The first-order valence-electron chi connectivity index (χ1n) is 9.84. The van der Waals surface area contributed by atoms with Crippen molar-refractivity contribution in [3.05, 3.63) is 59.7 Å². The highest BCUT2D eigenvalue weighted by Crippen LogP contribution is 2.65. The predicted octanol–water partition coefficient (Wildman–Crippen LogP) is 3.37. The normalized spacial score (nSPS) is 29.6. The van der Waals surface area contributed by atoms with Crippen molar-refractivity contribution in [2.75, 3.05) is 7.11 Å². The molecule has 1 N–H and O–H groups in total. The van der Waals surface area contributed by atoms with Crippen LogP contribution in [0.15, 0.2) is 48.5 Å². The number of carbonyl (C=O) groups excluding carboxylic acids is 2. The lowest BCUT2D eigenvalue weighted by atomic mass is 9.84. The van der Waals surface area contributed by atoms with E-state index >= 15 is 0 Å². The minimum atomic E-state index is -0.511. The Hall–Kier alpha value is -2.82. The van der Waals surface area contributed by atoms with Gasteiger partial charge in [0.15, 0.2) is 5.78 Å². The van der Waals surface area contributed by atoms with Gasteiger partial charge in [0.25, 0.3) is 0 Å². The van der Waals surface area contributed by atoms with E-state index in [0.717, 1.165) is 24.2 Å². The Bertz CT molecular complexity index is 955. The second-order valence-electron chi connectivity index (χ2n) is 8.05. The number of methoxy groups -OCH3 is 1. The van der Waals surface area contributed by atoms with Gasteiger partial charge in [0.05, 0.1) is 19.1 Å². The van der Waals surface area contributed by atoms with Crippen LogP contribution in [-0.4, -0.2) is 24.4 Å². The van der Waals surface area contributed by atoms with Gasteiger partial charge in [-0.1, -0.05) is 30.3 Å². The molecule has 1 spiro atoms. The molecule has 3 aliphatic rings. The minimum absolute atomic E-state index is 0.0508. The summed E-state index contributed by atoms with van der Waals surface area (Å²) in [7, 11) is 1.63. The van der Waals surface area contributed by atoms with E-state index in [4.69, 9.17) is 9.47 Å². The molecule has 5 nitrogen and oxygen atoms in total. The van der Waals surface area contributed by atoms with Crippen molar-refractivity contribution in [2.45, 2.75) is 31.4 Å². The molecule has 0 aromatic heterocycles. The first kappa shape index (κ1) is 17.3. The average Bonchev–Trinajstić information content (AvgIpc) is 3.37. The second-order valence-corrected chi connectivity index (χ2v) is 8.05. The Morgan fingerprint density at radius 3 is 2.86 bits per heavy atom. The summed E-state index contributed by atoms with van der Waals surface area (Å²) in [6, 6.07) is 15.1. The number of nitrogens with one attached hydrogen (secondary N) is 1. The fourth-order valence-corrected chi connectivity index (χ4v) is 5.27. The Kier molecular flexibility index (Phi) is 3.93. The molecule has 0 radical (unpaired) electrons. The van der Waals surface area contributed by atoms with Crippen molar-refractivity contribution in [2.24, 2.45) is 17.8 Å². The quantitative estimate of drug-likeness (QED) is 0.887. The fraction of sp³-hybridized carbons (Fsp3) is 0.391. The van der Waals surface area contributed by atoms with Crippen LogP contribution in [0.2, 0.25) is 0 Å². The zero-order chi connectivity index (χ0) is 19.3. The zero-order valence-electron chi connectivity index (χ0n) is 15.8. The van der Waals surface area contributed by atoms with E-state index < -0.39 is 5.60 Å². The maximum atomic E-state index is 12.9. The molecule has 28 heavy (non-hydrogen) atoms. The van der Waals surface area contributed by atoms with Gasteiger partial charge in [-0.05, 0) is 37.0 Å². The summed E-state index contributed by atoms with van der Waals surface area (Å²) in [5, 5.41) is 3.06. The van der Waals surface area contributed by atoms with E-state index in [0.29, 0.717) is 30.2 Å². The molecule has 1 heterocycles. The van der Waals surface area contributed by atoms with Crippen LogP contribution >= 0.6 is 0 Å². The molecule has 2 fully saturated rings. The van der Waals surface area contributed by atoms with Crippen molar-refractivity contribution in [3.63, 3.8) is 0 Å². The number of benzene rings is 2. The summed E-state index contributed by atoms with van der Waals surface area (Å²) in [4.78, 5) is 25.5. The molecule has 2 aromatic rings. The number of carbonyl (C=O) groups is 2. The van der Waals surface area contributed by atoms with Crippen molar-refractivity contribution >= 4 is 11.7 Å². The van der Waals surface area contributed by atoms with Gasteiger partial charge in [0, 0.05) is 23.9 Å². The summed E-state index contributed by atoms with van der Waals surface area (Å²) < 4.78 is 11.7. The Balaban J connectivity index is 1.30. The molecule has 144 valence electrons. The molecule has 0 unspecified atom stereocenters. The molecule has 0 saturated heterocycles. The lowest BCUT2D eigenvalue weighted by molar-refractivity contribution is -0.124. The molecule has 4 atom stereocenters. The summed E-state index contributed by atoms with van der Waals surface area (Å²) in [6.45, 7) is 0.439. The molecule has 0 bridgehead atoms. The van der Waals surface area contributed by atoms with Gasteiger partial charge in [-0.15, -0.1) is 0 Å². The topological polar surface area (TPSA) is 64.6 Å². The van der Waals surface area contributed by atoms with Crippen LogP contribution in [0.4, 0.5) is 0 Å². The molecule has 1 aliphatic heterocycles. The maximum Gasteiger partial charge on any atom is 0.224 e. The number of ketones is 1. The lowest BCUT2D eigenvalue weighted by Crippen LogP contribution is -2.44. The van der Waals surface area contributed by atoms with Crippen LogP contribution < -0.4 is 14.8 Å². The van der Waals surface area contributed by atoms with Crippen molar-refractivity contribution in [1.29, 1.82) is 0 Å². The van der Waals surface area contributed by atoms with Crippen LogP contribution in [0.25, 0.3) is 0 Å². The standard InChI is InChI=1S/C23H23NO4/c1-27-18-8-4-2-6-14(18)13-24-22(26)20-16-10-11-23(21(16)20)12-17(25)15-7-3-5-9-19(15)28-23/h2-9,16,20-21H,10-13H2,1H3,(H,24,26)/t16-,20+,21+,23-/m0/s1. The molecular formula is C23H23NO4. The highest BCUT2D eigenvalue weighted by atomic mass is 16.5. The second kappa shape index (κ2) is 6.36. The van der Waals surface area contributed by atoms with E-state index in [9.17, 15) is 9.59 Å². The highest BCUT2D eigenvalue weighted by Gasteiger charge is 2.70. The minimum Gasteiger partial charge on any atom is -0.496 e. The van der Waals surface area contributed by atoms with Crippen LogP contribution in [0.3, 0.4) is 0 Å². The van der Waals surface area contributed by atoms with Crippen LogP contribution in [0, 0.1) is 17.8 Å². The molecule has 2 aliphatic carbocycles. The number of hydrogen-bond donors (Lipinski definition) is 1. The van der Waals surface area contributed by atoms with Gasteiger partial charge < -0.3 is 14.8 Å². The summed E-state index contributed by atoms with van der Waals surface area (Å²) in [5.41, 5.74) is 1.11. The smallest absolute Gasteiger partial charge is 0.224 e. The third-order valence-corrected chi connectivity index (χ3v) is 6.59. The molecular weight excluding hydrogens is 354 g/mol.